The summed E-state index contributed by atoms with van der Waals surface area (Å²) >= 11 is 0. The van der Waals surface area contributed by atoms with Gasteiger partial charge in [0.25, 0.3) is 6.43 Å². The van der Waals surface area contributed by atoms with Crippen molar-refractivity contribution in [3.8, 4) is 5.75 Å². The van der Waals surface area contributed by atoms with E-state index in [1.165, 1.54) is 0 Å². The first kappa shape index (κ1) is 20.4. The highest BCUT2D eigenvalue weighted by Crippen LogP contribution is 2.31. The molecule has 160 valence electrons. The second kappa shape index (κ2) is 8.88. The van der Waals surface area contributed by atoms with E-state index in [4.69, 9.17) is 4.74 Å². The van der Waals surface area contributed by atoms with Crippen LogP contribution >= 0.6 is 0 Å². The number of alkyl halides is 2. The molecule has 2 fully saturated rings. The molecule has 7 heteroatoms. The predicted molar refractivity (Wildman–Crippen MR) is 113 cm³/mol. The summed E-state index contributed by atoms with van der Waals surface area (Å²) in [5.74, 6) is 1.71. The van der Waals surface area contributed by atoms with Gasteiger partial charge in [0.15, 0.2) is 0 Å². The van der Waals surface area contributed by atoms with Crippen LogP contribution in [0.1, 0.15) is 26.7 Å². The molecule has 0 amide bonds. The van der Waals surface area contributed by atoms with Crippen LogP contribution in [0.4, 0.5) is 14.6 Å². The van der Waals surface area contributed by atoms with Crippen molar-refractivity contribution in [2.75, 3.05) is 44.2 Å². The molecule has 0 aliphatic carbocycles. The first-order valence-corrected chi connectivity index (χ1v) is 10.8. The average Bonchev–Trinajstić information content (AvgIpc) is 3.06. The molecule has 2 aliphatic rings. The number of anilines is 1. The number of rotatable bonds is 6. The molecule has 0 saturated carbocycles. The normalized spacial score (nSPS) is 19.6. The van der Waals surface area contributed by atoms with Crippen LogP contribution in [-0.2, 0) is 6.54 Å². The highest BCUT2D eigenvalue weighted by atomic mass is 19.3. The zero-order valence-corrected chi connectivity index (χ0v) is 17.4. The second-order valence-corrected chi connectivity index (χ2v) is 8.41. The van der Waals surface area contributed by atoms with Gasteiger partial charge in [-0.2, -0.15) is 0 Å². The Morgan fingerprint density at radius 2 is 1.79 bits per heavy atom. The predicted octanol–water partition coefficient (Wildman–Crippen LogP) is 3.57. The number of piperidine rings is 1. The van der Waals surface area contributed by atoms with Gasteiger partial charge in [0.05, 0.1) is 12.1 Å². The Hall–Kier alpha value is -1.86. The smallest absolute Gasteiger partial charge is 0.256 e. The van der Waals surface area contributed by atoms with E-state index < -0.39 is 6.43 Å². The molecule has 5 nitrogen and oxygen atoms in total. The monoisotopic (exact) mass is 406 g/mol. The second-order valence-electron chi connectivity index (χ2n) is 8.41. The van der Waals surface area contributed by atoms with Gasteiger partial charge in [-0.15, -0.1) is 0 Å². The number of hydrogen-bond acceptors (Lipinski definition) is 4. The van der Waals surface area contributed by atoms with E-state index in [9.17, 15) is 8.78 Å². The van der Waals surface area contributed by atoms with Crippen LogP contribution < -0.4 is 15.0 Å². The van der Waals surface area contributed by atoms with Gasteiger partial charge >= 0.3 is 0 Å². The lowest BCUT2D eigenvalue weighted by Crippen LogP contribution is -2.44. The van der Waals surface area contributed by atoms with E-state index in [1.807, 2.05) is 24.3 Å². The molecule has 2 aromatic rings. The maximum atomic E-state index is 13.3. The molecule has 0 bridgehead atoms. The van der Waals surface area contributed by atoms with E-state index in [0.29, 0.717) is 6.04 Å². The van der Waals surface area contributed by atoms with Crippen LogP contribution in [0.3, 0.4) is 0 Å². The van der Waals surface area contributed by atoms with Crippen molar-refractivity contribution in [3.63, 3.8) is 0 Å². The number of ether oxygens (including phenoxy) is 1. The average molecular weight is 407 g/mol. The fourth-order valence-electron chi connectivity index (χ4n) is 4.50. The number of likely N-dealkylation sites (tertiary alicyclic amines) is 1. The Morgan fingerprint density at radius 3 is 2.45 bits per heavy atom. The van der Waals surface area contributed by atoms with E-state index >= 15 is 0 Å². The third-order valence-electron chi connectivity index (χ3n) is 6.12. The summed E-state index contributed by atoms with van der Waals surface area (Å²) in [5.41, 5.74) is 0.848. The van der Waals surface area contributed by atoms with Crippen molar-refractivity contribution in [1.82, 2.24) is 14.8 Å². The van der Waals surface area contributed by atoms with Gasteiger partial charge in [-0.05, 0) is 51.0 Å². The molecule has 29 heavy (non-hydrogen) atoms. The summed E-state index contributed by atoms with van der Waals surface area (Å²) in [5, 5.41) is 4.29. The third kappa shape index (κ3) is 4.67. The van der Waals surface area contributed by atoms with E-state index in [-0.39, 0.29) is 12.6 Å². The van der Waals surface area contributed by atoms with Crippen molar-refractivity contribution in [2.45, 2.75) is 51.8 Å². The van der Waals surface area contributed by atoms with E-state index in [2.05, 4.69) is 29.0 Å². The first-order valence-electron chi connectivity index (χ1n) is 10.8. The molecular formula is C22H32F2N4O. The summed E-state index contributed by atoms with van der Waals surface area (Å²) in [7, 11) is 0. The van der Waals surface area contributed by atoms with Crippen molar-refractivity contribution in [2.24, 2.45) is 0 Å². The minimum absolute atomic E-state index is 0.221. The standard InChI is InChI=1S/C22H32F2N4O/c1-16(2)26-9-5-18(6-10-26)29-19-3-4-20-17(13-19)14-22(28(20)15-21(23)24)27-11-7-25-8-12-27/h3-4,13-14,16,18,21,25H,5-12,15H2,1-2H3. The molecule has 0 spiro atoms. The highest BCUT2D eigenvalue weighted by Gasteiger charge is 2.23. The van der Waals surface area contributed by atoms with Gasteiger partial charge in [-0.1, -0.05) is 0 Å². The fourth-order valence-corrected chi connectivity index (χ4v) is 4.50. The topological polar surface area (TPSA) is 32.7 Å². The molecule has 1 aromatic carbocycles. The lowest BCUT2D eigenvalue weighted by Gasteiger charge is -2.34. The van der Waals surface area contributed by atoms with Crippen LogP contribution in [0, 0.1) is 0 Å². The van der Waals surface area contributed by atoms with Gasteiger partial charge < -0.3 is 24.4 Å². The summed E-state index contributed by atoms with van der Waals surface area (Å²) in [6.45, 7) is 9.71. The van der Waals surface area contributed by atoms with Crippen molar-refractivity contribution >= 4 is 16.7 Å². The number of nitrogens with zero attached hydrogens (tertiary/aromatic N) is 3. The maximum Gasteiger partial charge on any atom is 0.256 e. The molecule has 2 aliphatic heterocycles. The quantitative estimate of drug-likeness (QED) is 0.795. The Morgan fingerprint density at radius 1 is 1.07 bits per heavy atom. The molecular weight excluding hydrogens is 374 g/mol. The minimum Gasteiger partial charge on any atom is -0.490 e. The van der Waals surface area contributed by atoms with Gasteiger partial charge in [-0.25, -0.2) is 8.78 Å². The molecule has 1 aromatic heterocycles. The first-order chi connectivity index (χ1) is 14.0. The Bertz CT molecular complexity index is 808. The van der Waals surface area contributed by atoms with Gasteiger partial charge in [0.1, 0.15) is 17.7 Å². The van der Waals surface area contributed by atoms with E-state index in [0.717, 1.165) is 74.6 Å². The van der Waals surface area contributed by atoms with E-state index in [1.54, 1.807) is 4.57 Å². The lowest BCUT2D eigenvalue weighted by atomic mass is 10.1. The number of piperazine rings is 1. The summed E-state index contributed by atoms with van der Waals surface area (Å²) in [4.78, 5) is 4.67. The fraction of sp³-hybridized carbons (Fsp3) is 0.636. The largest absolute Gasteiger partial charge is 0.490 e. The van der Waals surface area contributed by atoms with Crippen LogP contribution in [0.25, 0.3) is 10.9 Å². The number of aromatic nitrogens is 1. The molecule has 4 rings (SSSR count). The number of fused-ring (bicyclic) bond motifs is 1. The zero-order chi connectivity index (χ0) is 20.4. The molecule has 1 N–H and O–H groups in total. The molecule has 2 saturated heterocycles. The summed E-state index contributed by atoms with van der Waals surface area (Å²) in [6.07, 6.45) is -0.115. The maximum absolute atomic E-state index is 13.3. The molecule has 3 heterocycles. The number of halogens is 2. The van der Waals surface area contributed by atoms with Crippen LogP contribution in [0.2, 0.25) is 0 Å². The highest BCUT2D eigenvalue weighted by molar-refractivity contribution is 5.86. The van der Waals surface area contributed by atoms with Crippen LogP contribution in [0.15, 0.2) is 24.3 Å². The summed E-state index contributed by atoms with van der Waals surface area (Å²) < 4.78 is 34.6. The van der Waals surface area contributed by atoms with Gasteiger partial charge in [0.2, 0.25) is 0 Å². The van der Waals surface area contributed by atoms with Crippen molar-refractivity contribution in [3.05, 3.63) is 24.3 Å². The van der Waals surface area contributed by atoms with Crippen LogP contribution in [-0.4, -0.2) is 67.3 Å². The zero-order valence-electron chi connectivity index (χ0n) is 17.4. The Balaban J connectivity index is 1.54. The molecule has 0 radical (unpaired) electrons. The SMILES string of the molecule is CC(C)N1CCC(Oc2ccc3c(c2)cc(N2CCNCC2)n3CC(F)F)CC1. The number of nitrogens with one attached hydrogen (secondary N) is 1. The molecule has 0 atom stereocenters. The lowest BCUT2D eigenvalue weighted by molar-refractivity contribution is 0.0844. The van der Waals surface area contributed by atoms with Crippen molar-refractivity contribution < 1.29 is 13.5 Å². The van der Waals surface area contributed by atoms with Gasteiger partial charge in [0, 0.05) is 50.7 Å². The molecule has 0 unspecified atom stereocenters. The minimum atomic E-state index is -2.38. The Labute approximate surface area is 171 Å². The number of hydrogen-bond donors (Lipinski definition) is 1. The third-order valence-corrected chi connectivity index (χ3v) is 6.12. The summed E-state index contributed by atoms with van der Waals surface area (Å²) in [6, 6.07) is 8.49. The van der Waals surface area contributed by atoms with Gasteiger partial charge in [-0.3, -0.25) is 0 Å². The van der Waals surface area contributed by atoms with Crippen LogP contribution in [0.5, 0.6) is 5.75 Å². The Kier molecular flexibility index (Phi) is 6.25. The van der Waals surface area contributed by atoms with Crippen molar-refractivity contribution in [1.29, 1.82) is 0 Å². The number of benzene rings is 1.